The van der Waals surface area contributed by atoms with Crippen LogP contribution in [-0.4, -0.2) is 24.2 Å². The molecule has 0 spiro atoms. The van der Waals surface area contributed by atoms with E-state index in [2.05, 4.69) is 4.98 Å². The second-order valence-electron chi connectivity index (χ2n) is 3.79. The van der Waals surface area contributed by atoms with Crippen LogP contribution in [0.2, 0.25) is 0 Å². The number of methoxy groups -OCH3 is 1. The van der Waals surface area contributed by atoms with Crippen LogP contribution in [0.5, 0.6) is 11.6 Å². The van der Waals surface area contributed by atoms with Gasteiger partial charge in [-0.1, -0.05) is 0 Å². The number of aromatic nitrogens is 1. The lowest BCUT2D eigenvalue weighted by atomic mass is 10.2. The fraction of sp³-hybridized carbons (Fsp3) is 0.545. The van der Waals surface area contributed by atoms with Crippen molar-refractivity contribution in [1.29, 1.82) is 0 Å². The van der Waals surface area contributed by atoms with Gasteiger partial charge in [-0.3, -0.25) is 0 Å². The maximum absolute atomic E-state index is 5.91. The van der Waals surface area contributed by atoms with E-state index < -0.39 is 0 Å². The Balaban J connectivity index is 1.98. The third kappa shape index (κ3) is 2.39. The molecule has 82 valence electrons. The van der Waals surface area contributed by atoms with Crippen LogP contribution < -0.4 is 15.2 Å². The number of pyridine rings is 1. The summed E-state index contributed by atoms with van der Waals surface area (Å²) in [6, 6.07) is 3.79. The van der Waals surface area contributed by atoms with E-state index in [1.54, 1.807) is 13.3 Å². The van der Waals surface area contributed by atoms with Gasteiger partial charge in [0.05, 0.1) is 13.3 Å². The summed E-state index contributed by atoms with van der Waals surface area (Å²) < 4.78 is 10.7. The number of hydrogen-bond acceptors (Lipinski definition) is 4. The zero-order chi connectivity index (χ0) is 10.7. The van der Waals surface area contributed by atoms with Crippen LogP contribution in [0, 0.1) is 0 Å². The predicted molar refractivity (Wildman–Crippen MR) is 57.0 cm³/mol. The van der Waals surface area contributed by atoms with Crippen molar-refractivity contribution in [3.8, 4) is 11.6 Å². The normalized spacial score (nSPS) is 25.2. The molecule has 15 heavy (non-hydrogen) atoms. The van der Waals surface area contributed by atoms with Gasteiger partial charge < -0.3 is 15.2 Å². The van der Waals surface area contributed by atoms with Gasteiger partial charge in [-0.2, -0.15) is 0 Å². The minimum Gasteiger partial charge on any atom is -0.495 e. The van der Waals surface area contributed by atoms with E-state index in [1.807, 2.05) is 12.1 Å². The fourth-order valence-corrected chi connectivity index (χ4v) is 1.81. The van der Waals surface area contributed by atoms with Crippen molar-refractivity contribution in [2.24, 2.45) is 5.73 Å². The van der Waals surface area contributed by atoms with Crippen LogP contribution >= 0.6 is 0 Å². The predicted octanol–water partition coefficient (Wildman–Crippen LogP) is 1.35. The molecule has 0 radical (unpaired) electrons. The lowest BCUT2D eigenvalue weighted by Gasteiger charge is -2.16. The Bertz CT molecular complexity index is 313. The molecule has 0 bridgehead atoms. The maximum atomic E-state index is 5.91. The van der Waals surface area contributed by atoms with Crippen LogP contribution in [0.3, 0.4) is 0 Å². The van der Waals surface area contributed by atoms with Crippen molar-refractivity contribution in [3.63, 3.8) is 0 Å². The smallest absolute Gasteiger partial charge is 0.213 e. The summed E-state index contributed by atoms with van der Waals surface area (Å²) in [5, 5.41) is 0. The summed E-state index contributed by atoms with van der Waals surface area (Å²) in [7, 11) is 1.62. The Hall–Kier alpha value is -1.29. The minimum absolute atomic E-state index is 0.117. The zero-order valence-electron chi connectivity index (χ0n) is 8.85. The van der Waals surface area contributed by atoms with E-state index in [-0.39, 0.29) is 12.1 Å². The lowest BCUT2D eigenvalue weighted by molar-refractivity contribution is 0.183. The van der Waals surface area contributed by atoms with Crippen molar-refractivity contribution >= 4 is 0 Å². The highest BCUT2D eigenvalue weighted by molar-refractivity contribution is 5.22. The van der Waals surface area contributed by atoms with E-state index in [1.165, 1.54) is 0 Å². The average Bonchev–Trinajstić information content (AvgIpc) is 2.66. The Labute approximate surface area is 89.4 Å². The van der Waals surface area contributed by atoms with E-state index in [0.717, 1.165) is 25.0 Å². The van der Waals surface area contributed by atoms with E-state index in [4.69, 9.17) is 15.2 Å². The maximum Gasteiger partial charge on any atom is 0.213 e. The number of rotatable bonds is 3. The van der Waals surface area contributed by atoms with E-state index in [0.29, 0.717) is 5.88 Å². The van der Waals surface area contributed by atoms with Gasteiger partial charge in [0.1, 0.15) is 11.9 Å². The summed E-state index contributed by atoms with van der Waals surface area (Å²) in [5.74, 6) is 1.36. The third-order valence-corrected chi connectivity index (χ3v) is 2.72. The van der Waals surface area contributed by atoms with Crippen LogP contribution in [0.15, 0.2) is 18.3 Å². The highest BCUT2D eigenvalue weighted by atomic mass is 16.5. The van der Waals surface area contributed by atoms with Crippen molar-refractivity contribution < 1.29 is 9.47 Å². The van der Waals surface area contributed by atoms with Gasteiger partial charge in [-0.25, -0.2) is 4.98 Å². The first-order chi connectivity index (χ1) is 7.29. The van der Waals surface area contributed by atoms with Gasteiger partial charge in [-0.15, -0.1) is 0 Å². The molecule has 4 heteroatoms. The summed E-state index contributed by atoms with van der Waals surface area (Å²) in [6.45, 7) is 0. The van der Waals surface area contributed by atoms with E-state index >= 15 is 0 Å². The molecule has 2 unspecified atom stereocenters. The minimum atomic E-state index is 0.117. The Morgan fingerprint density at radius 3 is 2.80 bits per heavy atom. The third-order valence-electron chi connectivity index (χ3n) is 2.72. The largest absolute Gasteiger partial charge is 0.495 e. The molecule has 1 aliphatic rings. The molecule has 2 rings (SSSR count). The molecule has 0 amide bonds. The van der Waals surface area contributed by atoms with Crippen LogP contribution in [0.25, 0.3) is 0 Å². The first kappa shape index (κ1) is 10.2. The van der Waals surface area contributed by atoms with Crippen molar-refractivity contribution in [3.05, 3.63) is 18.3 Å². The first-order valence-electron chi connectivity index (χ1n) is 5.22. The van der Waals surface area contributed by atoms with Crippen molar-refractivity contribution in [2.45, 2.75) is 31.4 Å². The number of ether oxygens (including phenoxy) is 2. The summed E-state index contributed by atoms with van der Waals surface area (Å²) in [5.41, 5.74) is 5.91. The van der Waals surface area contributed by atoms with Crippen LogP contribution in [-0.2, 0) is 0 Å². The molecule has 1 aromatic rings. The zero-order valence-corrected chi connectivity index (χ0v) is 8.85. The second-order valence-corrected chi connectivity index (χ2v) is 3.79. The second kappa shape index (κ2) is 4.49. The van der Waals surface area contributed by atoms with Gasteiger partial charge in [0.15, 0.2) is 0 Å². The van der Waals surface area contributed by atoms with Crippen molar-refractivity contribution in [2.75, 3.05) is 7.11 Å². The molecule has 1 heterocycles. The van der Waals surface area contributed by atoms with Gasteiger partial charge in [-0.05, 0) is 25.3 Å². The van der Waals surface area contributed by atoms with Gasteiger partial charge in [0.25, 0.3) is 0 Å². The SMILES string of the molecule is COc1ccc(OC2CCCC2N)nc1. The quantitative estimate of drug-likeness (QED) is 0.814. The lowest BCUT2D eigenvalue weighted by Crippen LogP contribution is -2.33. The van der Waals surface area contributed by atoms with Gasteiger partial charge in [0, 0.05) is 12.1 Å². The summed E-state index contributed by atoms with van der Waals surface area (Å²) >= 11 is 0. The molecule has 2 N–H and O–H groups in total. The van der Waals surface area contributed by atoms with Gasteiger partial charge >= 0.3 is 0 Å². The molecule has 2 atom stereocenters. The molecule has 4 nitrogen and oxygen atoms in total. The van der Waals surface area contributed by atoms with Gasteiger partial charge in [0.2, 0.25) is 5.88 Å². The highest BCUT2D eigenvalue weighted by Gasteiger charge is 2.25. The molecule has 0 saturated heterocycles. The Kier molecular flexibility index (Phi) is 3.06. The topological polar surface area (TPSA) is 57.4 Å². The molecule has 0 aromatic carbocycles. The standard InChI is InChI=1S/C11H16N2O2/c1-14-8-5-6-11(13-7-8)15-10-4-2-3-9(10)12/h5-7,9-10H,2-4,12H2,1H3. The average molecular weight is 208 g/mol. The van der Waals surface area contributed by atoms with E-state index in [9.17, 15) is 0 Å². The molecule has 1 fully saturated rings. The Morgan fingerprint density at radius 1 is 1.40 bits per heavy atom. The van der Waals surface area contributed by atoms with Crippen LogP contribution in [0.1, 0.15) is 19.3 Å². The molecule has 1 saturated carbocycles. The molecular formula is C11H16N2O2. The summed E-state index contributed by atoms with van der Waals surface area (Å²) in [6.07, 6.45) is 4.97. The monoisotopic (exact) mass is 208 g/mol. The highest BCUT2D eigenvalue weighted by Crippen LogP contribution is 2.23. The Morgan fingerprint density at radius 2 is 2.27 bits per heavy atom. The number of nitrogens with two attached hydrogens (primary N) is 1. The van der Waals surface area contributed by atoms with Crippen LogP contribution in [0.4, 0.5) is 0 Å². The number of nitrogens with zero attached hydrogens (tertiary/aromatic N) is 1. The molecule has 0 aliphatic heterocycles. The molecule has 1 aliphatic carbocycles. The first-order valence-corrected chi connectivity index (χ1v) is 5.22. The summed E-state index contributed by atoms with van der Waals surface area (Å²) in [4.78, 5) is 4.14. The molecular weight excluding hydrogens is 192 g/mol. The number of hydrogen-bond donors (Lipinski definition) is 1. The molecule has 1 aromatic heterocycles. The fourth-order valence-electron chi connectivity index (χ4n) is 1.81. The van der Waals surface area contributed by atoms with Crippen molar-refractivity contribution in [1.82, 2.24) is 4.98 Å².